The van der Waals surface area contributed by atoms with Gasteiger partial charge in [0, 0.05) is 18.2 Å². The van der Waals surface area contributed by atoms with Gasteiger partial charge in [0.05, 0.1) is 5.56 Å². The first-order chi connectivity index (χ1) is 13.1. The van der Waals surface area contributed by atoms with Crippen molar-refractivity contribution in [3.05, 3.63) is 95.6 Å². The second kappa shape index (κ2) is 6.92. The smallest absolute Gasteiger partial charge is 0.252 e. The predicted molar refractivity (Wildman–Crippen MR) is 106 cm³/mol. The normalized spacial score (nSPS) is 10.8. The molecule has 4 rings (SSSR count). The van der Waals surface area contributed by atoms with Crippen molar-refractivity contribution in [2.24, 2.45) is 5.73 Å². The number of benzene rings is 4. The first kappa shape index (κ1) is 16.8. The Bertz CT molecular complexity index is 1180. The fourth-order valence-corrected chi connectivity index (χ4v) is 3.28. The molecule has 3 N–H and O–H groups in total. The highest BCUT2D eigenvalue weighted by Gasteiger charge is 2.14. The van der Waals surface area contributed by atoms with Crippen LogP contribution < -0.4 is 11.1 Å². The van der Waals surface area contributed by atoms with E-state index in [1.807, 2.05) is 60.7 Å². The number of nitrogens with one attached hydrogen (secondary N) is 1. The summed E-state index contributed by atoms with van der Waals surface area (Å²) in [5.41, 5.74) is 7.02. The fourth-order valence-electron chi connectivity index (χ4n) is 3.28. The Morgan fingerprint density at radius 2 is 1.52 bits per heavy atom. The molecule has 0 spiro atoms. The van der Waals surface area contributed by atoms with Crippen LogP contribution in [0.4, 0.5) is 0 Å². The molecule has 0 heterocycles. The molecular weight excluding hydrogens is 336 g/mol. The number of hydrogen-bond donors (Lipinski definition) is 2. The Balaban J connectivity index is 1.64. The highest BCUT2D eigenvalue weighted by atomic mass is 16.2. The van der Waals surface area contributed by atoms with Gasteiger partial charge in [-0.1, -0.05) is 66.7 Å². The average Bonchev–Trinajstić information content (AvgIpc) is 2.71. The van der Waals surface area contributed by atoms with Crippen LogP contribution in [0.25, 0.3) is 21.5 Å². The molecule has 0 aliphatic rings. The molecule has 0 atom stereocenters. The van der Waals surface area contributed by atoms with Crippen molar-refractivity contribution in [2.75, 3.05) is 0 Å². The molecule has 1 radical (unpaired) electrons. The predicted octanol–water partition coefficient (Wildman–Crippen LogP) is 3.82. The van der Waals surface area contributed by atoms with Crippen LogP contribution in [-0.2, 0) is 6.54 Å². The van der Waals surface area contributed by atoms with Crippen LogP contribution in [0.5, 0.6) is 0 Å². The SMILES string of the molecule is NC(=O)c1[c]c(C(=O)NCc2cccc3ccccc23)cc2ccccc12. The minimum Gasteiger partial charge on any atom is -0.366 e. The summed E-state index contributed by atoms with van der Waals surface area (Å²) in [6, 6.07) is 25.9. The number of amides is 2. The van der Waals surface area contributed by atoms with Gasteiger partial charge in [0.2, 0.25) is 5.91 Å². The summed E-state index contributed by atoms with van der Waals surface area (Å²) in [4.78, 5) is 24.5. The third-order valence-corrected chi connectivity index (χ3v) is 4.60. The van der Waals surface area contributed by atoms with Gasteiger partial charge in [-0.05, 0) is 33.2 Å². The molecule has 0 fully saturated rings. The molecule has 4 heteroatoms. The lowest BCUT2D eigenvalue weighted by atomic mass is 10.00. The number of fused-ring (bicyclic) bond motifs is 2. The Labute approximate surface area is 156 Å². The molecule has 0 aliphatic heterocycles. The van der Waals surface area contributed by atoms with Crippen molar-refractivity contribution in [1.29, 1.82) is 0 Å². The summed E-state index contributed by atoms with van der Waals surface area (Å²) >= 11 is 0. The van der Waals surface area contributed by atoms with E-state index in [1.54, 1.807) is 12.1 Å². The fraction of sp³-hybridized carbons (Fsp3) is 0.0435. The largest absolute Gasteiger partial charge is 0.366 e. The van der Waals surface area contributed by atoms with Crippen molar-refractivity contribution < 1.29 is 9.59 Å². The zero-order chi connectivity index (χ0) is 18.8. The van der Waals surface area contributed by atoms with Crippen molar-refractivity contribution in [1.82, 2.24) is 5.32 Å². The summed E-state index contributed by atoms with van der Waals surface area (Å²) in [5, 5.41) is 6.60. The number of carbonyl (C=O) groups excluding carboxylic acids is 2. The van der Waals surface area contributed by atoms with Crippen LogP contribution in [0.1, 0.15) is 26.3 Å². The topological polar surface area (TPSA) is 72.2 Å². The van der Waals surface area contributed by atoms with E-state index >= 15 is 0 Å². The number of primary amides is 1. The van der Waals surface area contributed by atoms with E-state index in [0.29, 0.717) is 17.5 Å². The third-order valence-electron chi connectivity index (χ3n) is 4.60. The second-order valence-electron chi connectivity index (χ2n) is 6.33. The van der Waals surface area contributed by atoms with Crippen molar-refractivity contribution in [3.63, 3.8) is 0 Å². The second-order valence-corrected chi connectivity index (χ2v) is 6.33. The number of nitrogens with two attached hydrogens (primary N) is 1. The molecular formula is C23H17N2O2. The van der Waals surface area contributed by atoms with Crippen LogP contribution >= 0.6 is 0 Å². The van der Waals surface area contributed by atoms with E-state index in [2.05, 4.69) is 11.4 Å². The maximum atomic E-state index is 12.7. The molecule has 0 aliphatic carbocycles. The van der Waals surface area contributed by atoms with Crippen LogP contribution in [-0.4, -0.2) is 11.8 Å². The maximum Gasteiger partial charge on any atom is 0.252 e. The number of carbonyl (C=O) groups is 2. The molecule has 0 saturated heterocycles. The summed E-state index contributed by atoms with van der Waals surface area (Å²) in [5.74, 6) is -0.897. The van der Waals surface area contributed by atoms with Gasteiger partial charge in [-0.3, -0.25) is 9.59 Å². The number of hydrogen-bond acceptors (Lipinski definition) is 2. The first-order valence-corrected chi connectivity index (χ1v) is 8.63. The van der Waals surface area contributed by atoms with Gasteiger partial charge in [-0.25, -0.2) is 0 Å². The zero-order valence-electron chi connectivity index (χ0n) is 14.5. The minimum atomic E-state index is -0.602. The van der Waals surface area contributed by atoms with Gasteiger partial charge >= 0.3 is 0 Å². The summed E-state index contributed by atoms with van der Waals surface area (Å²) in [6.07, 6.45) is 0. The molecule has 0 unspecified atom stereocenters. The monoisotopic (exact) mass is 353 g/mol. The van der Waals surface area contributed by atoms with Crippen LogP contribution in [0.3, 0.4) is 0 Å². The van der Waals surface area contributed by atoms with Crippen LogP contribution in [0, 0.1) is 6.07 Å². The third kappa shape index (κ3) is 3.25. The van der Waals surface area contributed by atoms with Crippen LogP contribution in [0.2, 0.25) is 0 Å². The molecule has 0 bridgehead atoms. The quantitative estimate of drug-likeness (QED) is 0.585. The average molecular weight is 353 g/mol. The standard InChI is InChI=1S/C23H17N2O2/c24-22(26)21-13-18(12-16-7-2-4-11-20(16)21)23(27)25-14-17-9-5-8-15-6-1-3-10-19(15)17/h1-12H,14H2,(H2,24,26)(H,25,27). The summed E-state index contributed by atoms with van der Waals surface area (Å²) < 4.78 is 0. The van der Waals surface area contributed by atoms with Crippen LogP contribution in [0.15, 0.2) is 72.8 Å². The number of rotatable bonds is 4. The van der Waals surface area contributed by atoms with Gasteiger partial charge in [0.25, 0.3) is 5.91 Å². The Morgan fingerprint density at radius 3 is 2.30 bits per heavy atom. The van der Waals surface area contributed by atoms with E-state index in [4.69, 9.17) is 5.73 Å². The Kier molecular flexibility index (Phi) is 4.30. The summed E-state index contributed by atoms with van der Waals surface area (Å²) in [6.45, 7) is 0.382. The molecule has 131 valence electrons. The van der Waals surface area contributed by atoms with Gasteiger partial charge < -0.3 is 11.1 Å². The van der Waals surface area contributed by atoms with E-state index in [1.165, 1.54) is 0 Å². The van der Waals surface area contributed by atoms with E-state index in [-0.39, 0.29) is 11.5 Å². The minimum absolute atomic E-state index is 0.225. The summed E-state index contributed by atoms with van der Waals surface area (Å²) in [7, 11) is 0. The molecule has 4 aromatic carbocycles. The van der Waals surface area contributed by atoms with E-state index in [9.17, 15) is 9.59 Å². The van der Waals surface area contributed by atoms with Gasteiger partial charge in [-0.2, -0.15) is 0 Å². The molecule has 4 aromatic rings. The molecule has 4 nitrogen and oxygen atoms in total. The lowest BCUT2D eigenvalue weighted by Crippen LogP contribution is -2.24. The Hall–Kier alpha value is -3.66. The zero-order valence-corrected chi connectivity index (χ0v) is 14.5. The molecule has 2 amide bonds. The van der Waals surface area contributed by atoms with Gasteiger partial charge in [0.1, 0.15) is 0 Å². The van der Waals surface area contributed by atoms with Gasteiger partial charge in [0.15, 0.2) is 0 Å². The van der Waals surface area contributed by atoms with Crippen molar-refractivity contribution in [2.45, 2.75) is 6.54 Å². The lowest BCUT2D eigenvalue weighted by molar-refractivity contribution is 0.0951. The molecule has 27 heavy (non-hydrogen) atoms. The van der Waals surface area contributed by atoms with E-state index < -0.39 is 5.91 Å². The highest BCUT2D eigenvalue weighted by molar-refractivity contribution is 6.09. The molecule has 0 aromatic heterocycles. The van der Waals surface area contributed by atoms with E-state index in [0.717, 1.165) is 21.7 Å². The van der Waals surface area contributed by atoms with Gasteiger partial charge in [-0.15, -0.1) is 0 Å². The van der Waals surface area contributed by atoms with Crippen molar-refractivity contribution >= 4 is 33.4 Å². The lowest BCUT2D eigenvalue weighted by Gasteiger charge is -2.10. The van der Waals surface area contributed by atoms with Crippen molar-refractivity contribution in [3.8, 4) is 0 Å². The first-order valence-electron chi connectivity index (χ1n) is 8.63. The molecule has 0 saturated carbocycles. The highest BCUT2D eigenvalue weighted by Crippen LogP contribution is 2.21. The Morgan fingerprint density at radius 1 is 0.852 bits per heavy atom. The maximum absolute atomic E-state index is 12.7.